The van der Waals surface area contributed by atoms with Crippen LogP contribution in [0.2, 0.25) is 0 Å². The maximum Gasteiger partial charge on any atom is 0.586 e. The number of halogens is 2. The van der Waals surface area contributed by atoms with Gasteiger partial charge in [-0.25, -0.2) is 8.42 Å². The number of para-hydroxylation sites is 2. The van der Waals surface area contributed by atoms with Gasteiger partial charge < -0.3 is 14.8 Å². The summed E-state index contributed by atoms with van der Waals surface area (Å²) in [4.78, 5) is 12.6. The van der Waals surface area contributed by atoms with E-state index < -0.39 is 27.5 Å². The molecule has 2 aliphatic rings. The van der Waals surface area contributed by atoms with Crippen LogP contribution in [0.15, 0.2) is 42.5 Å². The Bertz CT molecular complexity index is 1020. The van der Waals surface area contributed by atoms with Crippen LogP contribution in [-0.2, 0) is 10.0 Å². The van der Waals surface area contributed by atoms with E-state index in [4.69, 9.17) is 0 Å². The second kappa shape index (κ2) is 6.08. The van der Waals surface area contributed by atoms with Crippen molar-refractivity contribution >= 4 is 27.3 Å². The van der Waals surface area contributed by atoms with E-state index in [1.807, 2.05) is 0 Å². The Balaban J connectivity index is 1.60. The first-order valence-electron chi connectivity index (χ1n) is 8.06. The number of carbonyl (C=O) groups excluding carboxylic acids is 1. The van der Waals surface area contributed by atoms with Crippen LogP contribution in [0, 0.1) is 0 Å². The molecule has 27 heavy (non-hydrogen) atoms. The number of ether oxygens (including phenoxy) is 2. The van der Waals surface area contributed by atoms with E-state index in [-0.39, 0.29) is 28.4 Å². The van der Waals surface area contributed by atoms with Crippen molar-refractivity contribution in [1.29, 1.82) is 0 Å². The number of fused-ring (bicyclic) bond motifs is 1. The minimum atomic E-state index is -3.82. The van der Waals surface area contributed by atoms with Crippen LogP contribution in [0.4, 0.5) is 20.2 Å². The summed E-state index contributed by atoms with van der Waals surface area (Å²) in [5, 5.41) is 2.00. The largest absolute Gasteiger partial charge is 0.586 e. The summed E-state index contributed by atoms with van der Waals surface area (Å²) in [6, 6.07) is 10.1. The third-order valence-electron chi connectivity index (χ3n) is 4.06. The molecule has 0 bridgehead atoms. The summed E-state index contributed by atoms with van der Waals surface area (Å²) < 4.78 is 62.1. The van der Waals surface area contributed by atoms with E-state index in [0.29, 0.717) is 12.8 Å². The van der Waals surface area contributed by atoms with Gasteiger partial charge in [0.1, 0.15) is 0 Å². The van der Waals surface area contributed by atoms with Gasteiger partial charge in [-0.2, -0.15) is 0 Å². The van der Waals surface area contributed by atoms with Gasteiger partial charge in [-0.15, -0.1) is 8.78 Å². The van der Waals surface area contributed by atoms with Crippen molar-refractivity contribution in [3.63, 3.8) is 0 Å². The number of alkyl halides is 2. The fourth-order valence-electron chi connectivity index (χ4n) is 2.64. The Hall–Kier alpha value is -2.88. The van der Waals surface area contributed by atoms with Crippen LogP contribution in [0.5, 0.6) is 11.5 Å². The number of hydrogen-bond donors (Lipinski definition) is 2. The predicted molar refractivity (Wildman–Crippen MR) is 92.6 cm³/mol. The summed E-state index contributed by atoms with van der Waals surface area (Å²) in [5.74, 6) is -1.19. The van der Waals surface area contributed by atoms with E-state index in [1.165, 1.54) is 30.3 Å². The zero-order chi connectivity index (χ0) is 19.2. The first-order chi connectivity index (χ1) is 12.8. The maximum absolute atomic E-state index is 13.3. The summed E-state index contributed by atoms with van der Waals surface area (Å²) in [6.07, 6.45) is -2.67. The van der Waals surface area contributed by atoms with Crippen molar-refractivity contribution in [2.75, 3.05) is 10.0 Å². The molecule has 1 aliphatic heterocycles. The van der Waals surface area contributed by atoms with Gasteiger partial charge >= 0.3 is 6.29 Å². The third kappa shape index (κ3) is 3.52. The van der Waals surface area contributed by atoms with E-state index >= 15 is 0 Å². The molecule has 0 saturated heterocycles. The first kappa shape index (κ1) is 17.5. The highest BCUT2D eigenvalue weighted by molar-refractivity contribution is 7.93. The SMILES string of the molecule is O=C(Nc1cccc2c1OC(F)(F)O2)c1ccccc1NS(=O)(=O)C1CC1. The highest BCUT2D eigenvalue weighted by Crippen LogP contribution is 2.45. The third-order valence-corrected chi connectivity index (χ3v) is 5.92. The Labute approximate surface area is 153 Å². The van der Waals surface area contributed by atoms with Crippen LogP contribution in [0.25, 0.3) is 0 Å². The maximum atomic E-state index is 13.3. The number of sulfonamides is 1. The lowest BCUT2D eigenvalue weighted by Crippen LogP contribution is -2.26. The Morgan fingerprint density at radius 3 is 2.48 bits per heavy atom. The van der Waals surface area contributed by atoms with Crippen molar-refractivity contribution in [2.24, 2.45) is 0 Å². The zero-order valence-corrected chi connectivity index (χ0v) is 14.6. The smallest absolute Gasteiger partial charge is 0.395 e. The molecule has 1 heterocycles. The molecule has 1 saturated carbocycles. The minimum absolute atomic E-state index is 0.0190. The minimum Gasteiger partial charge on any atom is -0.395 e. The molecule has 0 atom stereocenters. The van der Waals surface area contributed by atoms with Gasteiger partial charge in [-0.05, 0) is 37.1 Å². The van der Waals surface area contributed by atoms with Crippen molar-refractivity contribution in [1.82, 2.24) is 0 Å². The second-order valence-electron chi connectivity index (χ2n) is 6.15. The van der Waals surface area contributed by atoms with Crippen molar-refractivity contribution in [3.8, 4) is 11.5 Å². The summed E-state index contributed by atoms with van der Waals surface area (Å²) in [6.45, 7) is 0. The van der Waals surface area contributed by atoms with Crippen molar-refractivity contribution < 1.29 is 31.5 Å². The Morgan fingerprint density at radius 2 is 1.74 bits per heavy atom. The molecular formula is C17H14F2N2O5S. The van der Waals surface area contributed by atoms with Crippen molar-refractivity contribution in [2.45, 2.75) is 24.4 Å². The molecule has 10 heteroatoms. The van der Waals surface area contributed by atoms with Gasteiger partial charge in [-0.1, -0.05) is 18.2 Å². The molecule has 0 spiro atoms. The molecule has 1 aliphatic carbocycles. The molecule has 1 amide bonds. The van der Waals surface area contributed by atoms with Gasteiger partial charge in [0.05, 0.1) is 22.2 Å². The van der Waals surface area contributed by atoms with Gasteiger partial charge in [0.15, 0.2) is 11.5 Å². The van der Waals surface area contributed by atoms with E-state index in [1.54, 1.807) is 12.1 Å². The number of carbonyl (C=O) groups is 1. The number of benzene rings is 2. The molecular weight excluding hydrogens is 382 g/mol. The van der Waals surface area contributed by atoms with E-state index in [0.717, 1.165) is 0 Å². The van der Waals surface area contributed by atoms with E-state index in [2.05, 4.69) is 19.5 Å². The molecule has 2 aromatic carbocycles. The van der Waals surface area contributed by atoms with Crippen LogP contribution in [0.1, 0.15) is 23.2 Å². The molecule has 0 aromatic heterocycles. The summed E-state index contributed by atoms with van der Waals surface area (Å²) in [5.41, 5.74) is 0.136. The Kier molecular flexibility index (Phi) is 3.95. The fraction of sp³-hybridized carbons (Fsp3) is 0.235. The van der Waals surface area contributed by atoms with Crippen LogP contribution in [0.3, 0.4) is 0 Å². The van der Waals surface area contributed by atoms with Gasteiger partial charge in [0.2, 0.25) is 10.0 Å². The quantitative estimate of drug-likeness (QED) is 0.810. The number of rotatable bonds is 5. The number of nitrogens with one attached hydrogen (secondary N) is 2. The van der Waals surface area contributed by atoms with Crippen LogP contribution < -0.4 is 19.5 Å². The van der Waals surface area contributed by atoms with Gasteiger partial charge in [-0.3, -0.25) is 9.52 Å². The topological polar surface area (TPSA) is 93.7 Å². The average Bonchev–Trinajstić information content (AvgIpc) is 3.39. The summed E-state index contributed by atoms with van der Waals surface area (Å²) in [7, 11) is -3.57. The van der Waals surface area contributed by atoms with Crippen molar-refractivity contribution in [3.05, 3.63) is 48.0 Å². The van der Waals surface area contributed by atoms with Crippen LogP contribution >= 0.6 is 0 Å². The lowest BCUT2D eigenvalue weighted by Gasteiger charge is -2.13. The number of amides is 1. The summed E-state index contributed by atoms with van der Waals surface area (Å²) >= 11 is 0. The molecule has 0 unspecified atom stereocenters. The number of anilines is 2. The highest BCUT2D eigenvalue weighted by atomic mass is 32.2. The lowest BCUT2D eigenvalue weighted by molar-refractivity contribution is -0.286. The van der Waals surface area contributed by atoms with Gasteiger partial charge in [0, 0.05) is 0 Å². The van der Waals surface area contributed by atoms with Crippen LogP contribution in [-0.4, -0.2) is 25.9 Å². The first-order valence-corrected chi connectivity index (χ1v) is 9.61. The zero-order valence-electron chi connectivity index (χ0n) is 13.7. The lowest BCUT2D eigenvalue weighted by atomic mass is 10.1. The fourth-order valence-corrected chi connectivity index (χ4v) is 4.05. The van der Waals surface area contributed by atoms with Gasteiger partial charge in [0.25, 0.3) is 5.91 Å². The highest BCUT2D eigenvalue weighted by Gasteiger charge is 2.44. The second-order valence-corrected chi connectivity index (χ2v) is 8.11. The molecule has 1 fully saturated rings. The molecule has 2 N–H and O–H groups in total. The molecule has 0 radical (unpaired) electrons. The number of hydrogen-bond acceptors (Lipinski definition) is 5. The van der Waals surface area contributed by atoms with E-state index in [9.17, 15) is 22.0 Å². The molecule has 4 rings (SSSR count). The normalized spacial score (nSPS) is 17.4. The standard InChI is InChI=1S/C17H14F2N2O5S/c18-17(19)25-14-7-3-6-13(15(14)26-17)20-16(22)11-4-1-2-5-12(11)21-27(23,24)10-8-9-10/h1-7,10,21H,8-9H2,(H,20,22). The Morgan fingerprint density at radius 1 is 1.04 bits per heavy atom. The monoisotopic (exact) mass is 396 g/mol. The average molecular weight is 396 g/mol. The molecule has 142 valence electrons. The molecule has 2 aromatic rings. The predicted octanol–water partition coefficient (Wildman–Crippen LogP) is 3.16. The molecule has 7 nitrogen and oxygen atoms in total.